The van der Waals surface area contributed by atoms with Crippen molar-refractivity contribution in [2.24, 2.45) is 0 Å². The first-order chi connectivity index (χ1) is 12.6. The number of anilines is 1. The van der Waals surface area contributed by atoms with E-state index < -0.39 is 23.4 Å². The molecule has 1 aliphatic rings. The molecule has 7 nitrogen and oxygen atoms in total. The Kier molecular flexibility index (Phi) is 5.45. The largest absolute Gasteiger partial charge is 0.477 e. The topological polar surface area (TPSA) is 76.6 Å². The second kappa shape index (κ2) is 7.94. The molecular weight excluding hydrogens is 346 g/mol. The van der Waals surface area contributed by atoms with E-state index in [4.69, 9.17) is 9.47 Å². The summed E-state index contributed by atoms with van der Waals surface area (Å²) in [6, 6.07) is 2.82. The van der Waals surface area contributed by atoms with Crippen LogP contribution in [0.5, 0.6) is 11.8 Å². The first-order valence-electron chi connectivity index (χ1n) is 8.10. The van der Waals surface area contributed by atoms with Crippen LogP contribution in [0.15, 0.2) is 30.6 Å². The summed E-state index contributed by atoms with van der Waals surface area (Å²) in [5.41, 5.74) is -0.462. The number of para-hydroxylation sites is 1. The summed E-state index contributed by atoms with van der Waals surface area (Å²) in [7, 11) is 1.46. The van der Waals surface area contributed by atoms with Crippen molar-refractivity contribution in [2.45, 2.75) is 18.9 Å². The Morgan fingerprint density at radius 3 is 2.62 bits per heavy atom. The van der Waals surface area contributed by atoms with E-state index in [1.807, 2.05) is 0 Å². The minimum Gasteiger partial charge on any atom is -0.477 e. The summed E-state index contributed by atoms with van der Waals surface area (Å²) < 4.78 is 38.3. The van der Waals surface area contributed by atoms with Crippen LogP contribution in [0.4, 0.5) is 19.3 Å². The molecule has 26 heavy (non-hydrogen) atoms. The molecule has 1 N–H and O–H groups in total. The number of halogens is 2. The number of piperidine rings is 1. The lowest BCUT2D eigenvalue weighted by Gasteiger charge is -2.32. The van der Waals surface area contributed by atoms with Gasteiger partial charge in [0.1, 0.15) is 23.4 Å². The zero-order chi connectivity index (χ0) is 18.5. The molecule has 0 saturated carbocycles. The van der Waals surface area contributed by atoms with Gasteiger partial charge in [-0.05, 0) is 25.0 Å². The van der Waals surface area contributed by atoms with E-state index >= 15 is 0 Å². The molecule has 1 aromatic carbocycles. The number of hydrogen-bond acceptors (Lipinski definition) is 5. The monoisotopic (exact) mass is 364 g/mol. The first kappa shape index (κ1) is 17.8. The number of hydrogen-bond donors (Lipinski definition) is 1. The van der Waals surface area contributed by atoms with Crippen LogP contribution >= 0.6 is 0 Å². The highest BCUT2D eigenvalue weighted by Crippen LogP contribution is 2.24. The third-order valence-electron chi connectivity index (χ3n) is 3.96. The van der Waals surface area contributed by atoms with Gasteiger partial charge in [0.2, 0.25) is 0 Å². The molecule has 0 bridgehead atoms. The molecule has 0 aliphatic carbocycles. The van der Waals surface area contributed by atoms with Crippen LogP contribution in [-0.4, -0.2) is 47.2 Å². The molecule has 2 heterocycles. The lowest BCUT2D eigenvalue weighted by molar-refractivity contribution is 0.0987. The summed E-state index contributed by atoms with van der Waals surface area (Å²) in [4.78, 5) is 21.9. The molecule has 1 fully saturated rings. The summed E-state index contributed by atoms with van der Waals surface area (Å²) in [6.45, 7) is 0.709. The van der Waals surface area contributed by atoms with E-state index in [0.717, 1.165) is 12.1 Å². The zero-order valence-corrected chi connectivity index (χ0v) is 14.1. The van der Waals surface area contributed by atoms with Crippen LogP contribution < -0.4 is 14.8 Å². The average Bonchev–Trinajstić information content (AvgIpc) is 2.65. The molecule has 3 rings (SSSR count). The predicted molar refractivity (Wildman–Crippen MR) is 89.2 cm³/mol. The molecule has 1 saturated heterocycles. The van der Waals surface area contributed by atoms with Crippen LogP contribution in [0.2, 0.25) is 0 Å². The fraction of sp³-hybridized carbons (Fsp3) is 0.353. The van der Waals surface area contributed by atoms with Crippen LogP contribution in [0, 0.1) is 11.6 Å². The highest BCUT2D eigenvalue weighted by atomic mass is 19.1. The Morgan fingerprint density at radius 2 is 1.92 bits per heavy atom. The number of amides is 2. The van der Waals surface area contributed by atoms with Gasteiger partial charge in [-0.25, -0.2) is 23.5 Å². The van der Waals surface area contributed by atoms with Crippen molar-refractivity contribution >= 4 is 11.7 Å². The maximum atomic E-state index is 13.7. The van der Waals surface area contributed by atoms with E-state index in [0.29, 0.717) is 19.4 Å². The maximum Gasteiger partial charge on any atom is 0.322 e. The lowest BCUT2D eigenvalue weighted by Crippen LogP contribution is -2.46. The average molecular weight is 364 g/mol. The molecule has 1 aliphatic heterocycles. The fourth-order valence-corrected chi connectivity index (χ4v) is 2.71. The number of nitrogens with zero attached hydrogens (tertiary/aromatic N) is 3. The first-order valence-corrected chi connectivity index (χ1v) is 8.10. The summed E-state index contributed by atoms with van der Waals surface area (Å²) in [5.74, 6) is -1.16. The SMILES string of the molecule is COc1nccnc1OC1CCCN(C(=O)Nc2c(F)cccc2F)C1. The van der Waals surface area contributed by atoms with E-state index in [1.165, 1.54) is 30.5 Å². The number of urea groups is 1. The van der Waals surface area contributed by atoms with Crippen LogP contribution in [-0.2, 0) is 0 Å². The Labute approximate surface area is 149 Å². The summed E-state index contributed by atoms with van der Waals surface area (Å²) >= 11 is 0. The minimum absolute atomic E-state index is 0.238. The third-order valence-corrected chi connectivity index (χ3v) is 3.96. The number of benzene rings is 1. The number of methoxy groups -OCH3 is 1. The second-order valence-corrected chi connectivity index (χ2v) is 5.73. The van der Waals surface area contributed by atoms with Gasteiger partial charge in [-0.3, -0.25) is 0 Å². The number of ether oxygens (including phenoxy) is 2. The predicted octanol–water partition coefficient (Wildman–Crippen LogP) is 2.84. The molecule has 0 radical (unpaired) electrons. The Balaban J connectivity index is 1.65. The highest BCUT2D eigenvalue weighted by Gasteiger charge is 2.27. The van der Waals surface area contributed by atoms with Gasteiger partial charge < -0.3 is 19.7 Å². The van der Waals surface area contributed by atoms with E-state index in [9.17, 15) is 13.6 Å². The zero-order valence-electron chi connectivity index (χ0n) is 14.1. The van der Waals surface area contributed by atoms with Gasteiger partial charge in [-0.15, -0.1) is 0 Å². The standard InChI is InChI=1S/C17H18F2N4O3/c1-25-15-16(21-8-7-20-15)26-11-4-3-9-23(10-11)17(24)22-14-12(18)5-2-6-13(14)19/h2,5-8,11H,3-4,9-10H2,1H3,(H,22,24). The van der Waals surface area contributed by atoms with Gasteiger partial charge in [-0.1, -0.05) is 6.07 Å². The van der Waals surface area contributed by atoms with Gasteiger partial charge in [0.25, 0.3) is 11.8 Å². The van der Waals surface area contributed by atoms with Crippen molar-refractivity contribution < 1.29 is 23.0 Å². The molecule has 1 aromatic heterocycles. The lowest BCUT2D eigenvalue weighted by atomic mass is 10.1. The summed E-state index contributed by atoms with van der Waals surface area (Å²) in [5, 5.41) is 2.28. The Bertz CT molecular complexity index is 770. The van der Waals surface area contributed by atoms with Gasteiger partial charge in [0.15, 0.2) is 0 Å². The van der Waals surface area contributed by atoms with Crippen LogP contribution in [0.1, 0.15) is 12.8 Å². The molecule has 1 unspecified atom stereocenters. The Hall–Kier alpha value is -2.97. The van der Waals surface area contributed by atoms with Crippen molar-refractivity contribution in [2.75, 3.05) is 25.5 Å². The molecule has 0 spiro atoms. The van der Waals surface area contributed by atoms with Crippen molar-refractivity contribution in [3.63, 3.8) is 0 Å². The maximum absolute atomic E-state index is 13.7. The van der Waals surface area contributed by atoms with Crippen molar-refractivity contribution in [3.05, 3.63) is 42.2 Å². The third kappa shape index (κ3) is 3.98. The highest BCUT2D eigenvalue weighted by molar-refractivity contribution is 5.89. The number of likely N-dealkylation sites (tertiary alicyclic amines) is 1. The van der Waals surface area contributed by atoms with Gasteiger partial charge >= 0.3 is 6.03 Å². The molecule has 138 valence electrons. The molecule has 2 aromatic rings. The van der Waals surface area contributed by atoms with Gasteiger partial charge in [-0.2, -0.15) is 0 Å². The number of rotatable bonds is 4. The number of carbonyl (C=O) groups is 1. The second-order valence-electron chi connectivity index (χ2n) is 5.73. The Morgan fingerprint density at radius 1 is 1.23 bits per heavy atom. The van der Waals surface area contributed by atoms with Crippen LogP contribution in [0.3, 0.4) is 0 Å². The summed E-state index contributed by atoms with van der Waals surface area (Å²) in [6.07, 6.45) is 4.02. The van der Waals surface area contributed by atoms with E-state index in [-0.39, 0.29) is 24.4 Å². The molecule has 9 heteroatoms. The number of nitrogens with one attached hydrogen (secondary N) is 1. The fourth-order valence-electron chi connectivity index (χ4n) is 2.71. The molecule has 2 amide bonds. The van der Waals surface area contributed by atoms with Gasteiger partial charge in [0.05, 0.1) is 13.7 Å². The van der Waals surface area contributed by atoms with Crippen LogP contribution in [0.25, 0.3) is 0 Å². The minimum atomic E-state index is -0.826. The van der Waals surface area contributed by atoms with Crippen molar-refractivity contribution in [1.82, 2.24) is 14.9 Å². The molecule has 1 atom stereocenters. The number of carbonyl (C=O) groups excluding carboxylic acids is 1. The van der Waals surface area contributed by atoms with Gasteiger partial charge in [0, 0.05) is 18.9 Å². The normalized spacial score (nSPS) is 16.9. The van der Waals surface area contributed by atoms with E-state index in [2.05, 4.69) is 15.3 Å². The van der Waals surface area contributed by atoms with Crippen molar-refractivity contribution in [3.8, 4) is 11.8 Å². The van der Waals surface area contributed by atoms with Crippen molar-refractivity contribution in [1.29, 1.82) is 0 Å². The quantitative estimate of drug-likeness (QED) is 0.903. The number of aromatic nitrogens is 2. The molecular formula is C17H18F2N4O3. The smallest absolute Gasteiger partial charge is 0.322 e. The van der Waals surface area contributed by atoms with E-state index in [1.54, 1.807) is 0 Å².